The first-order valence-corrected chi connectivity index (χ1v) is 15.7. The summed E-state index contributed by atoms with van der Waals surface area (Å²) in [5, 5.41) is 7.97. The van der Waals surface area contributed by atoms with Gasteiger partial charge in [0.05, 0.1) is 6.20 Å². The van der Waals surface area contributed by atoms with Gasteiger partial charge in [0.15, 0.2) is 11.8 Å². The van der Waals surface area contributed by atoms with Crippen molar-refractivity contribution < 1.29 is 4.57 Å². The summed E-state index contributed by atoms with van der Waals surface area (Å²) in [6, 6.07) is 45.3. The lowest BCUT2D eigenvalue weighted by atomic mass is 9.79. The van der Waals surface area contributed by atoms with Crippen LogP contribution in [0.4, 0.5) is 5.82 Å². The topological polar surface area (TPSA) is 16.2 Å². The molecule has 9 rings (SSSR count). The average Bonchev–Trinajstić information content (AvgIpc) is 3.56. The standard InChI is InChI=1S/C42H33N2/c1-4-37-41(44-22-10-9-15-38(44)43-37)27-18-16-26(17-19-27)28-20-21-29-24-35-36(25-30(29)23-28)42(2,3)40-34-14-8-6-12-32(34)31-11-5-7-13-33(31)39(35)40/h5-25,41H,4H2,1-3H3/q+1. The van der Waals surface area contributed by atoms with E-state index in [2.05, 4.69) is 153 Å². The smallest absolute Gasteiger partial charge is 0.216 e. The third-order valence-electron chi connectivity index (χ3n) is 10.1. The zero-order chi connectivity index (χ0) is 29.6. The highest BCUT2D eigenvalue weighted by atomic mass is 15.1. The molecular weight excluding hydrogens is 532 g/mol. The van der Waals surface area contributed by atoms with E-state index in [1.165, 1.54) is 77.0 Å². The van der Waals surface area contributed by atoms with Crippen LogP contribution in [0.15, 0.2) is 133 Å². The first kappa shape index (κ1) is 25.4. The summed E-state index contributed by atoms with van der Waals surface area (Å²) in [7, 11) is 0. The number of rotatable bonds is 3. The predicted molar refractivity (Wildman–Crippen MR) is 184 cm³/mol. The van der Waals surface area contributed by atoms with Crippen molar-refractivity contribution in [3.8, 4) is 22.3 Å². The van der Waals surface area contributed by atoms with Gasteiger partial charge < -0.3 is 0 Å². The Morgan fingerprint density at radius 2 is 1.34 bits per heavy atom. The van der Waals surface area contributed by atoms with Crippen LogP contribution in [0, 0.1) is 0 Å². The first-order valence-electron chi connectivity index (χ1n) is 15.7. The summed E-state index contributed by atoms with van der Waals surface area (Å²) in [6.07, 6.45) is 3.09. The van der Waals surface area contributed by atoms with Crippen molar-refractivity contribution in [1.82, 2.24) is 0 Å². The Morgan fingerprint density at radius 1 is 0.659 bits per heavy atom. The van der Waals surface area contributed by atoms with E-state index < -0.39 is 0 Å². The second kappa shape index (κ2) is 9.21. The Morgan fingerprint density at radius 3 is 2.11 bits per heavy atom. The van der Waals surface area contributed by atoms with Crippen LogP contribution < -0.4 is 4.57 Å². The van der Waals surface area contributed by atoms with Crippen LogP contribution >= 0.6 is 0 Å². The second-order valence-electron chi connectivity index (χ2n) is 12.9. The van der Waals surface area contributed by atoms with E-state index in [1.54, 1.807) is 0 Å². The minimum absolute atomic E-state index is 0.103. The predicted octanol–water partition coefficient (Wildman–Crippen LogP) is 10.5. The molecule has 7 aromatic rings. The maximum Gasteiger partial charge on any atom is 0.323 e. The monoisotopic (exact) mass is 565 g/mol. The molecule has 6 aromatic carbocycles. The summed E-state index contributed by atoms with van der Waals surface area (Å²) >= 11 is 0. The Balaban J connectivity index is 1.16. The summed E-state index contributed by atoms with van der Waals surface area (Å²) in [5.41, 5.74) is 10.5. The molecule has 0 amide bonds. The number of pyridine rings is 1. The third kappa shape index (κ3) is 3.48. The SMILES string of the molecule is CCC1=Nc2cccc[n+]2C1c1ccc(-c2ccc3cc4c(cc3c2)C(C)(C)c2c-4c3ccccc3c3ccccc23)cc1. The van der Waals surface area contributed by atoms with Crippen molar-refractivity contribution in [3.05, 3.63) is 144 Å². The number of benzene rings is 6. The zero-order valence-electron chi connectivity index (χ0n) is 25.3. The number of hydrogen-bond acceptors (Lipinski definition) is 1. The summed E-state index contributed by atoms with van der Waals surface area (Å²) in [6.45, 7) is 7.00. The lowest BCUT2D eigenvalue weighted by Gasteiger charge is -2.24. The van der Waals surface area contributed by atoms with Crippen molar-refractivity contribution in [2.45, 2.75) is 38.6 Å². The van der Waals surface area contributed by atoms with E-state index in [1.807, 2.05) is 0 Å². The lowest BCUT2D eigenvalue weighted by Crippen LogP contribution is -2.40. The molecule has 1 unspecified atom stereocenters. The van der Waals surface area contributed by atoms with E-state index in [4.69, 9.17) is 4.99 Å². The van der Waals surface area contributed by atoms with Crippen LogP contribution in [-0.4, -0.2) is 5.71 Å². The van der Waals surface area contributed by atoms with Gasteiger partial charge in [0.25, 0.3) is 0 Å². The Kier molecular flexibility index (Phi) is 5.32. The number of nitrogens with zero attached hydrogens (tertiary/aromatic N) is 2. The highest BCUT2D eigenvalue weighted by Gasteiger charge is 2.39. The number of hydrogen-bond donors (Lipinski definition) is 0. The first-order chi connectivity index (χ1) is 21.5. The average molecular weight is 566 g/mol. The Hall–Kier alpha value is -5.08. The van der Waals surface area contributed by atoms with Gasteiger partial charge in [-0.25, -0.2) is 4.57 Å². The van der Waals surface area contributed by atoms with Gasteiger partial charge in [-0.05, 0) is 95.0 Å². The minimum atomic E-state index is -0.103. The summed E-state index contributed by atoms with van der Waals surface area (Å²) in [5.74, 6) is 1.03. The number of fused-ring (bicyclic) bond motifs is 10. The van der Waals surface area contributed by atoms with Gasteiger partial charge in [-0.15, -0.1) is 0 Å². The molecule has 0 saturated carbocycles. The lowest BCUT2D eigenvalue weighted by molar-refractivity contribution is -0.680. The van der Waals surface area contributed by atoms with Gasteiger partial charge in [0.2, 0.25) is 0 Å². The van der Waals surface area contributed by atoms with Gasteiger partial charge in [0.1, 0.15) is 0 Å². The fraction of sp³-hybridized carbons (Fsp3) is 0.143. The molecule has 2 heterocycles. The quantitative estimate of drug-likeness (QED) is 0.150. The molecule has 0 bridgehead atoms. The van der Waals surface area contributed by atoms with Crippen LogP contribution in [-0.2, 0) is 5.41 Å². The number of aromatic nitrogens is 1. The highest BCUT2D eigenvalue weighted by molar-refractivity contribution is 6.19. The molecule has 0 fully saturated rings. The van der Waals surface area contributed by atoms with E-state index in [0.29, 0.717) is 0 Å². The van der Waals surface area contributed by atoms with Crippen LogP contribution in [0.25, 0.3) is 54.6 Å². The van der Waals surface area contributed by atoms with Crippen molar-refractivity contribution >= 4 is 43.8 Å². The molecule has 2 nitrogen and oxygen atoms in total. The maximum atomic E-state index is 4.91. The van der Waals surface area contributed by atoms with E-state index in [-0.39, 0.29) is 11.5 Å². The summed E-state index contributed by atoms with van der Waals surface area (Å²) < 4.78 is 2.29. The van der Waals surface area contributed by atoms with Gasteiger partial charge >= 0.3 is 5.82 Å². The van der Waals surface area contributed by atoms with Crippen molar-refractivity contribution in [2.24, 2.45) is 4.99 Å². The molecule has 0 N–H and O–H groups in total. The zero-order valence-corrected chi connectivity index (χ0v) is 25.3. The molecule has 1 aliphatic carbocycles. The fourth-order valence-corrected chi connectivity index (χ4v) is 8.02. The van der Waals surface area contributed by atoms with Gasteiger partial charge in [-0.3, -0.25) is 0 Å². The molecule has 2 aliphatic rings. The van der Waals surface area contributed by atoms with Crippen LogP contribution in [0.1, 0.15) is 49.9 Å². The Bertz CT molecular complexity index is 2340. The molecule has 2 heteroatoms. The normalized spacial score (nSPS) is 16.2. The van der Waals surface area contributed by atoms with Crippen molar-refractivity contribution in [2.75, 3.05) is 0 Å². The van der Waals surface area contributed by atoms with E-state index >= 15 is 0 Å². The molecule has 0 spiro atoms. The van der Waals surface area contributed by atoms with Gasteiger partial charge in [-0.1, -0.05) is 112 Å². The van der Waals surface area contributed by atoms with E-state index in [0.717, 1.165) is 12.2 Å². The van der Waals surface area contributed by atoms with Crippen LogP contribution in [0.3, 0.4) is 0 Å². The van der Waals surface area contributed by atoms with Crippen molar-refractivity contribution in [3.63, 3.8) is 0 Å². The maximum absolute atomic E-state index is 4.91. The summed E-state index contributed by atoms with van der Waals surface area (Å²) in [4.78, 5) is 4.91. The fourth-order valence-electron chi connectivity index (χ4n) is 8.02. The van der Waals surface area contributed by atoms with Crippen LogP contribution in [0.2, 0.25) is 0 Å². The van der Waals surface area contributed by atoms with Crippen LogP contribution in [0.5, 0.6) is 0 Å². The molecule has 1 atom stereocenters. The molecular formula is C42H33N2+. The number of aliphatic imine (C=N–C) groups is 1. The molecule has 0 saturated heterocycles. The van der Waals surface area contributed by atoms with E-state index in [9.17, 15) is 0 Å². The van der Waals surface area contributed by atoms with Gasteiger partial charge in [0, 0.05) is 23.5 Å². The largest absolute Gasteiger partial charge is 0.323 e. The molecule has 1 aromatic heterocycles. The molecule has 44 heavy (non-hydrogen) atoms. The van der Waals surface area contributed by atoms with Crippen molar-refractivity contribution in [1.29, 1.82) is 0 Å². The molecule has 0 radical (unpaired) electrons. The second-order valence-corrected chi connectivity index (χ2v) is 12.9. The third-order valence-corrected chi connectivity index (χ3v) is 10.1. The Labute approximate surface area is 258 Å². The molecule has 210 valence electrons. The molecule has 1 aliphatic heterocycles. The minimum Gasteiger partial charge on any atom is -0.216 e. The highest BCUT2D eigenvalue weighted by Crippen LogP contribution is 2.55. The van der Waals surface area contributed by atoms with Gasteiger partial charge in [-0.2, -0.15) is 0 Å².